The van der Waals surface area contributed by atoms with Crippen LogP contribution < -0.4 is 11.2 Å². The number of H-pyrrole nitrogens is 1. The number of aromatic nitrogens is 3. The molecule has 1 N–H and O–H groups in total. The summed E-state index contributed by atoms with van der Waals surface area (Å²) in [5.41, 5.74) is 0.853. The highest BCUT2D eigenvalue weighted by Gasteiger charge is 2.20. The minimum Gasteiger partial charge on any atom is -0.462 e. The minimum atomic E-state index is -0.542. The maximum atomic E-state index is 14.3. The van der Waals surface area contributed by atoms with Crippen molar-refractivity contribution >= 4 is 22.1 Å². The van der Waals surface area contributed by atoms with Gasteiger partial charge in [0.05, 0.1) is 17.3 Å². The summed E-state index contributed by atoms with van der Waals surface area (Å²) < 4.78 is 22.1. The lowest BCUT2D eigenvalue weighted by atomic mass is 10.2. The number of nitrogens with zero attached hydrogens (tertiary/aromatic N) is 2. The van der Waals surface area contributed by atoms with E-state index in [4.69, 9.17) is 4.42 Å². The van der Waals surface area contributed by atoms with Gasteiger partial charge in [-0.25, -0.2) is 13.8 Å². The van der Waals surface area contributed by atoms with Gasteiger partial charge in [-0.2, -0.15) is 0 Å². The first-order valence-corrected chi connectivity index (χ1v) is 6.96. The largest absolute Gasteiger partial charge is 0.462 e. The van der Waals surface area contributed by atoms with Gasteiger partial charge in [0.25, 0.3) is 5.56 Å². The van der Waals surface area contributed by atoms with Crippen LogP contribution in [0.25, 0.3) is 27.8 Å². The monoisotopic (exact) mass is 313 g/mol. The lowest BCUT2D eigenvalue weighted by molar-refractivity contribution is 0.614. The molecule has 0 fully saturated rings. The first-order chi connectivity index (χ1) is 11.0. The number of imidazole rings is 1. The molecular formula is C16H12FN3O3. The van der Waals surface area contributed by atoms with Gasteiger partial charge in [0.2, 0.25) is 0 Å². The fraction of sp³-hybridized carbons (Fsp3) is 0.125. The number of fused-ring (bicyclic) bond motifs is 3. The molecular weight excluding hydrogens is 301 g/mol. The summed E-state index contributed by atoms with van der Waals surface area (Å²) in [7, 11) is 1.53. The molecule has 4 aromatic rings. The number of furan rings is 1. The highest BCUT2D eigenvalue weighted by Crippen LogP contribution is 2.23. The number of benzene rings is 1. The van der Waals surface area contributed by atoms with Crippen LogP contribution in [0.4, 0.5) is 4.39 Å². The standard InChI is InChI=1S/C16H12FN3O3/c1-8-3-4-11(10(17)7-8)20-14-12(18-16(20)22)13-9(5-6-23-13)15(21)19(14)2/h3-7H,1-2H3,(H,18,22). The molecule has 0 spiro atoms. The van der Waals surface area contributed by atoms with Crippen LogP contribution in [0, 0.1) is 12.7 Å². The van der Waals surface area contributed by atoms with Gasteiger partial charge in [-0.05, 0) is 30.7 Å². The van der Waals surface area contributed by atoms with Crippen molar-refractivity contribution in [1.29, 1.82) is 0 Å². The van der Waals surface area contributed by atoms with E-state index in [-0.39, 0.29) is 22.5 Å². The first kappa shape index (κ1) is 13.6. The Morgan fingerprint density at radius 2 is 2.00 bits per heavy atom. The molecule has 23 heavy (non-hydrogen) atoms. The molecule has 0 aliphatic carbocycles. The molecule has 0 atom stereocenters. The Kier molecular flexibility index (Phi) is 2.63. The Labute approximate surface area is 128 Å². The fourth-order valence-corrected chi connectivity index (χ4v) is 2.87. The van der Waals surface area contributed by atoms with Crippen LogP contribution in [0.2, 0.25) is 0 Å². The predicted molar refractivity (Wildman–Crippen MR) is 83.6 cm³/mol. The van der Waals surface area contributed by atoms with Crippen molar-refractivity contribution < 1.29 is 8.81 Å². The molecule has 0 amide bonds. The molecule has 4 rings (SSSR count). The van der Waals surface area contributed by atoms with Crippen molar-refractivity contribution in [1.82, 2.24) is 14.1 Å². The van der Waals surface area contributed by atoms with E-state index in [1.807, 2.05) is 0 Å². The van der Waals surface area contributed by atoms with E-state index in [1.165, 1.54) is 30.0 Å². The van der Waals surface area contributed by atoms with Crippen LogP contribution in [0.1, 0.15) is 5.56 Å². The summed E-state index contributed by atoms with van der Waals surface area (Å²) >= 11 is 0. The van der Waals surface area contributed by atoms with Crippen LogP contribution in [-0.2, 0) is 7.05 Å². The quantitative estimate of drug-likeness (QED) is 0.585. The molecule has 0 radical (unpaired) electrons. The number of rotatable bonds is 1. The molecule has 3 heterocycles. The Balaban J connectivity index is 2.24. The average Bonchev–Trinajstić information content (AvgIpc) is 3.10. The number of hydrogen-bond acceptors (Lipinski definition) is 3. The van der Waals surface area contributed by atoms with Crippen molar-refractivity contribution in [2.24, 2.45) is 7.05 Å². The SMILES string of the molecule is Cc1ccc(-n2c(=O)[nH]c3c4occc4c(=O)n(C)c32)c(F)c1. The highest BCUT2D eigenvalue weighted by atomic mass is 19.1. The predicted octanol–water partition coefficient (Wildman–Crippen LogP) is 2.21. The molecule has 0 saturated carbocycles. The lowest BCUT2D eigenvalue weighted by Crippen LogP contribution is -2.22. The van der Waals surface area contributed by atoms with Gasteiger partial charge in [0.15, 0.2) is 11.2 Å². The Bertz CT molecular complexity index is 1190. The number of pyridine rings is 1. The molecule has 7 heteroatoms. The highest BCUT2D eigenvalue weighted by molar-refractivity contribution is 5.98. The van der Waals surface area contributed by atoms with E-state index in [2.05, 4.69) is 4.98 Å². The zero-order valence-corrected chi connectivity index (χ0v) is 12.4. The van der Waals surface area contributed by atoms with Crippen molar-refractivity contribution in [2.75, 3.05) is 0 Å². The zero-order valence-electron chi connectivity index (χ0n) is 12.4. The Morgan fingerprint density at radius 1 is 1.22 bits per heavy atom. The summed E-state index contributed by atoms with van der Waals surface area (Å²) in [5.74, 6) is -0.542. The van der Waals surface area contributed by atoms with E-state index < -0.39 is 11.5 Å². The number of halogens is 1. The summed E-state index contributed by atoms with van der Waals surface area (Å²) in [5, 5.41) is 0.359. The summed E-state index contributed by atoms with van der Waals surface area (Å²) in [6, 6.07) is 6.09. The van der Waals surface area contributed by atoms with Gasteiger partial charge >= 0.3 is 5.69 Å². The van der Waals surface area contributed by atoms with E-state index in [0.717, 1.165) is 10.1 Å². The summed E-state index contributed by atoms with van der Waals surface area (Å²) in [6.45, 7) is 1.76. The van der Waals surface area contributed by atoms with Crippen LogP contribution in [0.15, 0.2) is 44.5 Å². The van der Waals surface area contributed by atoms with E-state index in [1.54, 1.807) is 19.1 Å². The Hall–Kier alpha value is -3.09. The Morgan fingerprint density at radius 3 is 2.74 bits per heavy atom. The van der Waals surface area contributed by atoms with Crippen LogP contribution in [0.3, 0.4) is 0 Å². The summed E-state index contributed by atoms with van der Waals surface area (Å²) in [4.78, 5) is 27.5. The van der Waals surface area contributed by atoms with Gasteiger partial charge < -0.3 is 9.40 Å². The van der Waals surface area contributed by atoms with Gasteiger partial charge in [0, 0.05) is 7.05 Å². The number of hydrogen-bond donors (Lipinski definition) is 1. The molecule has 3 aromatic heterocycles. The minimum absolute atomic E-state index is 0.0766. The second-order valence-corrected chi connectivity index (χ2v) is 5.45. The molecule has 0 bridgehead atoms. The third kappa shape index (κ3) is 1.73. The van der Waals surface area contributed by atoms with Crippen LogP contribution in [-0.4, -0.2) is 14.1 Å². The van der Waals surface area contributed by atoms with Crippen LogP contribution >= 0.6 is 0 Å². The van der Waals surface area contributed by atoms with E-state index >= 15 is 0 Å². The number of nitrogens with one attached hydrogen (secondary N) is 1. The number of aromatic amines is 1. The van der Waals surface area contributed by atoms with E-state index in [0.29, 0.717) is 10.9 Å². The van der Waals surface area contributed by atoms with Crippen molar-refractivity contribution in [3.8, 4) is 5.69 Å². The third-order valence-electron chi connectivity index (χ3n) is 3.96. The zero-order chi connectivity index (χ0) is 16.3. The lowest BCUT2D eigenvalue weighted by Gasteiger charge is -2.08. The molecule has 1 aromatic carbocycles. The second kappa shape index (κ2) is 4.45. The number of aryl methyl sites for hydroxylation is 2. The maximum Gasteiger partial charge on any atom is 0.332 e. The maximum absolute atomic E-state index is 14.3. The van der Waals surface area contributed by atoms with E-state index in [9.17, 15) is 14.0 Å². The molecule has 6 nitrogen and oxygen atoms in total. The van der Waals surface area contributed by atoms with Gasteiger partial charge in [-0.3, -0.25) is 9.36 Å². The van der Waals surface area contributed by atoms with Gasteiger partial charge in [-0.15, -0.1) is 0 Å². The fourth-order valence-electron chi connectivity index (χ4n) is 2.87. The molecule has 0 aliphatic rings. The molecule has 0 saturated heterocycles. The van der Waals surface area contributed by atoms with Gasteiger partial charge in [0.1, 0.15) is 11.3 Å². The molecule has 116 valence electrons. The molecule has 0 aliphatic heterocycles. The second-order valence-electron chi connectivity index (χ2n) is 5.45. The molecule has 0 unspecified atom stereocenters. The van der Waals surface area contributed by atoms with Crippen molar-refractivity contribution in [3.05, 3.63) is 62.7 Å². The van der Waals surface area contributed by atoms with Gasteiger partial charge in [-0.1, -0.05) is 6.07 Å². The smallest absolute Gasteiger partial charge is 0.332 e. The van der Waals surface area contributed by atoms with Crippen molar-refractivity contribution in [3.63, 3.8) is 0 Å². The van der Waals surface area contributed by atoms with Crippen molar-refractivity contribution in [2.45, 2.75) is 6.92 Å². The van der Waals surface area contributed by atoms with Crippen LogP contribution in [0.5, 0.6) is 0 Å². The first-order valence-electron chi connectivity index (χ1n) is 6.96. The average molecular weight is 313 g/mol. The topological polar surface area (TPSA) is 72.9 Å². The normalized spacial score (nSPS) is 11.6. The third-order valence-corrected chi connectivity index (χ3v) is 3.96. The summed E-state index contributed by atoms with van der Waals surface area (Å²) in [6.07, 6.45) is 1.38.